The van der Waals surface area contributed by atoms with Crippen molar-refractivity contribution in [2.45, 2.75) is 0 Å². The van der Waals surface area contributed by atoms with Crippen LogP contribution in [0.1, 0.15) is 0 Å². The van der Waals surface area contributed by atoms with E-state index in [1.807, 2.05) is 54.7 Å². The van der Waals surface area contributed by atoms with E-state index in [0.29, 0.717) is 17.5 Å². The number of rotatable bonds is 4. The predicted molar refractivity (Wildman–Crippen MR) is 209 cm³/mol. The van der Waals surface area contributed by atoms with Gasteiger partial charge in [-0.2, -0.15) is 0 Å². The fraction of sp³-hybridized carbons (Fsp3) is 0. The maximum Gasteiger partial charge on any atom is 0.164 e. The number of nitrogens with zero attached hydrogens (tertiary/aromatic N) is 4. The van der Waals surface area contributed by atoms with Crippen LogP contribution in [-0.4, -0.2) is 19.9 Å². The average Bonchev–Trinajstić information content (AvgIpc) is 3.79. The van der Waals surface area contributed by atoms with Crippen LogP contribution in [0.4, 0.5) is 0 Å². The first-order valence-electron chi connectivity index (χ1n) is 17.2. The second-order valence-corrected chi connectivity index (χ2v) is 13.0. The molecule has 0 radical (unpaired) electrons. The van der Waals surface area contributed by atoms with E-state index in [1.165, 1.54) is 0 Å². The minimum Gasteiger partial charge on any atom is -0.456 e. The molecule has 0 aliphatic carbocycles. The Morgan fingerprint density at radius 2 is 0.962 bits per heavy atom. The molecule has 0 bridgehead atoms. The Labute approximate surface area is 296 Å². The average molecular weight is 667 g/mol. The smallest absolute Gasteiger partial charge is 0.164 e. The van der Waals surface area contributed by atoms with Gasteiger partial charge in [0, 0.05) is 44.4 Å². The molecule has 6 heteroatoms. The number of hydrogen-bond acceptors (Lipinski definition) is 6. The van der Waals surface area contributed by atoms with E-state index in [-0.39, 0.29) is 0 Å². The lowest BCUT2D eigenvalue weighted by molar-refractivity contribution is 0.667. The van der Waals surface area contributed by atoms with Crippen LogP contribution in [0, 0.1) is 0 Å². The van der Waals surface area contributed by atoms with Gasteiger partial charge in [-0.05, 0) is 69.1 Å². The number of para-hydroxylation sites is 1. The maximum absolute atomic E-state index is 6.25. The molecule has 0 saturated heterocycles. The van der Waals surface area contributed by atoms with E-state index < -0.39 is 0 Å². The first-order valence-corrected chi connectivity index (χ1v) is 17.2. The number of fused-ring (bicyclic) bond motifs is 8. The number of hydrogen-bond donors (Lipinski definition) is 0. The molecule has 4 aromatic heterocycles. The van der Waals surface area contributed by atoms with Crippen molar-refractivity contribution in [1.29, 1.82) is 0 Å². The monoisotopic (exact) mass is 666 g/mol. The fourth-order valence-corrected chi connectivity index (χ4v) is 7.61. The van der Waals surface area contributed by atoms with Crippen molar-refractivity contribution in [3.05, 3.63) is 158 Å². The van der Waals surface area contributed by atoms with Gasteiger partial charge >= 0.3 is 0 Å². The fourth-order valence-electron chi connectivity index (χ4n) is 7.61. The van der Waals surface area contributed by atoms with Gasteiger partial charge in [-0.1, -0.05) is 109 Å². The van der Waals surface area contributed by atoms with Crippen molar-refractivity contribution in [2.75, 3.05) is 0 Å². The van der Waals surface area contributed by atoms with Crippen molar-refractivity contribution in [1.82, 2.24) is 19.9 Å². The number of aromatic nitrogens is 4. The van der Waals surface area contributed by atoms with Crippen molar-refractivity contribution in [3.8, 4) is 45.3 Å². The van der Waals surface area contributed by atoms with Gasteiger partial charge in [-0.25, -0.2) is 15.0 Å². The van der Waals surface area contributed by atoms with E-state index in [0.717, 1.165) is 93.2 Å². The Balaban J connectivity index is 1.12. The first kappa shape index (κ1) is 28.6. The molecule has 0 amide bonds. The van der Waals surface area contributed by atoms with Crippen molar-refractivity contribution in [3.63, 3.8) is 0 Å². The molecule has 52 heavy (non-hydrogen) atoms. The van der Waals surface area contributed by atoms with Gasteiger partial charge in [0.05, 0.1) is 6.20 Å². The molecule has 0 fully saturated rings. The van der Waals surface area contributed by atoms with E-state index >= 15 is 0 Å². The van der Waals surface area contributed by atoms with Crippen LogP contribution in [0.5, 0.6) is 0 Å². The SMILES string of the molecule is c1ccc2cc(-c3nc(-c4ccc5c(-c6cccc7oc8cnccc8c67)cccc5c4)nc(-c4cccc5oc6ccccc6c45)n3)ccc2c1. The van der Waals surface area contributed by atoms with Gasteiger partial charge in [0.15, 0.2) is 23.1 Å². The standard InChI is InChI=1S/C46H26N4O2/c1-2-9-28-24-30(19-18-27(28)8-1)44-48-45(50-46(49-44)37-14-7-17-40-43(37)35-11-3-4-15-38(35)51-40)31-20-21-32-29(25-31)10-5-12-33(32)34-13-6-16-39-42(34)36-22-23-47-26-41(36)52-39/h1-26H. The van der Waals surface area contributed by atoms with Crippen molar-refractivity contribution in [2.24, 2.45) is 0 Å². The van der Waals surface area contributed by atoms with Gasteiger partial charge in [-0.15, -0.1) is 0 Å². The van der Waals surface area contributed by atoms with Crippen LogP contribution < -0.4 is 0 Å². The zero-order valence-corrected chi connectivity index (χ0v) is 27.6. The Kier molecular flexibility index (Phi) is 6.15. The topological polar surface area (TPSA) is 77.8 Å². The lowest BCUT2D eigenvalue weighted by Gasteiger charge is -2.12. The summed E-state index contributed by atoms with van der Waals surface area (Å²) in [5.74, 6) is 1.80. The summed E-state index contributed by atoms with van der Waals surface area (Å²) in [6.07, 6.45) is 3.59. The molecule has 0 saturated carbocycles. The summed E-state index contributed by atoms with van der Waals surface area (Å²) in [5.41, 5.74) is 8.20. The predicted octanol–water partition coefficient (Wildman–Crippen LogP) is 12.0. The third-order valence-corrected chi connectivity index (χ3v) is 10.0. The molecular weight excluding hydrogens is 641 g/mol. The maximum atomic E-state index is 6.25. The third kappa shape index (κ3) is 4.44. The molecule has 11 rings (SSSR count). The van der Waals surface area contributed by atoms with Gasteiger partial charge in [0.2, 0.25) is 0 Å². The van der Waals surface area contributed by atoms with E-state index in [1.54, 1.807) is 6.20 Å². The Morgan fingerprint density at radius 1 is 0.365 bits per heavy atom. The molecule has 0 spiro atoms. The molecular formula is C46H26N4O2. The number of benzene rings is 7. The summed E-state index contributed by atoms with van der Waals surface area (Å²) in [4.78, 5) is 19.7. The lowest BCUT2D eigenvalue weighted by Crippen LogP contribution is -2.00. The largest absolute Gasteiger partial charge is 0.456 e. The van der Waals surface area contributed by atoms with Crippen molar-refractivity contribution < 1.29 is 8.83 Å². The first-order chi connectivity index (χ1) is 25.7. The van der Waals surface area contributed by atoms with Crippen LogP contribution >= 0.6 is 0 Å². The van der Waals surface area contributed by atoms with Crippen LogP contribution in [0.3, 0.4) is 0 Å². The van der Waals surface area contributed by atoms with E-state index in [2.05, 4.69) is 102 Å². The van der Waals surface area contributed by atoms with Crippen molar-refractivity contribution >= 4 is 65.4 Å². The molecule has 0 N–H and O–H groups in total. The zero-order valence-electron chi connectivity index (χ0n) is 27.6. The molecule has 242 valence electrons. The quantitative estimate of drug-likeness (QED) is 0.186. The molecule has 4 heterocycles. The van der Waals surface area contributed by atoms with Crippen LogP contribution in [0.25, 0.3) is 111 Å². The summed E-state index contributed by atoms with van der Waals surface area (Å²) in [5, 5.41) is 8.64. The highest BCUT2D eigenvalue weighted by atomic mass is 16.3. The summed E-state index contributed by atoms with van der Waals surface area (Å²) in [6.45, 7) is 0. The Bertz CT molecular complexity index is 3210. The lowest BCUT2D eigenvalue weighted by atomic mass is 9.94. The minimum atomic E-state index is 0.590. The summed E-state index contributed by atoms with van der Waals surface area (Å²) < 4.78 is 12.4. The molecule has 6 nitrogen and oxygen atoms in total. The van der Waals surface area contributed by atoms with Gasteiger partial charge < -0.3 is 8.83 Å². The molecule has 11 aromatic rings. The Morgan fingerprint density at radius 3 is 1.83 bits per heavy atom. The van der Waals surface area contributed by atoms with E-state index in [9.17, 15) is 0 Å². The van der Waals surface area contributed by atoms with Gasteiger partial charge in [0.25, 0.3) is 0 Å². The Hall–Kier alpha value is -7.18. The highest BCUT2D eigenvalue weighted by Crippen LogP contribution is 2.40. The zero-order chi connectivity index (χ0) is 34.2. The van der Waals surface area contributed by atoms with Gasteiger partial charge in [-0.3, -0.25) is 4.98 Å². The van der Waals surface area contributed by atoms with E-state index in [4.69, 9.17) is 23.8 Å². The summed E-state index contributed by atoms with van der Waals surface area (Å²) in [7, 11) is 0. The number of furan rings is 2. The second kappa shape index (κ2) is 11.2. The molecule has 0 unspecified atom stereocenters. The minimum absolute atomic E-state index is 0.590. The summed E-state index contributed by atoms with van der Waals surface area (Å²) in [6, 6.07) is 50.0. The van der Waals surface area contributed by atoms with Gasteiger partial charge in [0.1, 0.15) is 16.7 Å². The molecule has 7 aromatic carbocycles. The van der Waals surface area contributed by atoms with Crippen LogP contribution in [-0.2, 0) is 0 Å². The highest BCUT2D eigenvalue weighted by Gasteiger charge is 2.19. The highest BCUT2D eigenvalue weighted by molar-refractivity contribution is 6.15. The number of pyridine rings is 1. The van der Waals surface area contributed by atoms with Crippen LogP contribution in [0.15, 0.2) is 167 Å². The second-order valence-electron chi connectivity index (χ2n) is 13.0. The molecule has 0 atom stereocenters. The summed E-state index contributed by atoms with van der Waals surface area (Å²) >= 11 is 0. The molecule has 0 aliphatic heterocycles. The third-order valence-electron chi connectivity index (χ3n) is 10.0. The van der Waals surface area contributed by atoms with Crippen LogP contribution in [0.2, 0.25) is 0 Å². The molecule has 0 aliphatic rings. The normalized spacial score (nSPS) is 11.8.